The molecule has 0 saturated heterocycles. The topological polar surface area (TPSA) is 64.3 Å². The number of hydrogen-bond donors (Lipinski definition) is 2. The number of hydrogen-bond acceptors (Lipinski definition) is 4. The van der Waals surface area contributed by atoms with Crippen LogP contribution in [0.25, 0.3) is 0 Å². The first-order chi connectivity index (χ1) is 9.78. The summed E-state index contributed by atoms with van der Waals surface area (Å²) in [4.78, 5) is 12.5. The van der Waals surface area contributed by atoms with Crippen LogP contribution in [-0.4, -0.2) is 12.5 Å². The van der Waals surface area contributed by atoms with Gasteiger partial charge in [0.1, 0.15) is 0 Å². The van der Waals surface area contributed by atoms with Crippen LogP contribution in [0, 0.1) is 0 Å². The second kappa shape index (κ2) is 7.79. The van der Waals surface area contributed by atoms with Crippen molar-refractivity contribution < 1.29 is 9.53 Å². The Hall–Kier alpha value is -1.69. The Labute approximate surface area is 122 Å². The molecule has 2 rings (SSSR count). The van der Waals surface area contributed by atoms with Crippen molar-refractivity contribution in [3.8, 4) is 0 Å². The van der Waals surface area contributed by atoms with Gasteiger partial charge in [0, 0.05) is 11.3 Å². The van der Waals surface area contributed by atoms with E-state index in [1.165, 1.54) is 4.88 Å². The molecule has 1 heterocycles. The van der Waals surface area contributed by atoms with Crippen LogP contribution in [0.5, 0.6) is 0 Å². The van der Waals surface area contributed by atoms with Crippen LogP contribution in [0.3, 0.4) is 0 Å². The Morgan fingerprint density at radius 3 is 2.60 bits per heavy atom. The predicted octanol–water partition coefficient (Wildman–Crippen LogP) is 2.04. The summed E-state index contributed by atoms with van der Waals surface area (Å²) in [7, 11) is 0. The highest BCUT2D eigenvalue weighted by Gasteiger charge is 2.01. The summed E-state index contributed by atoms with van der Waals surface area (Å²) in [6, 6.07) is 12.0. The number of ether oxygens (including phenoxy) is 1. The normalized spacial score (nSPS) is 10.4. The number of hydrazine groups is 1. The van der Waals surface area contributed by atoms with Crippen LogP contribution >= 0.6 is 11.3 Å². The lowest BCUT2D eigenvalue weighted by Crippen LogP contribution is -2.31. The molecule has 0 spiro atoms. The van der Waals surface area contributed by atoms with Crippen molar-refractivity contribution in [1.82, 2.24) is 5.43 Å². The summed E-state index contributed by atoms with van der Waals surface area (Å²) in [6.45, 7) is 1.31. The zero-order chi connectivity index (χ0) is 14.2. The van der Waals surface area contributed by atoms with E-state index >= 15 is 0 Å². The highest BCUT2D eigenvalue weighted by Crippen LogP contribution is 2.10. The fraction of sp³-hybridized carbons (Fsp3) is 0.267. The third-order valence-electron chi connectivity index (χ3n) is 2.89. The summed E-state index contributed by atoms with van der Waals surface area (Å²) in [6.07, 6.45) is 1.25. The summed E-state index contributed by atoms with van der Waals surface area (Å²) in [5, 5.41) is 2.07. The standard InChI is InChI=1S/C15H18N2O2S/c16-17-15(18)10-12-3-5-13(6-4-12)11-19-8-7-14-2-1-9-20-14/h1-6,9H,7-8,10-11,16H2,(H,17,18). The van der Waals surface area contributed by atoms with Crippen LogP contribution in [0.1, 0.15) is 16.0 Å². The van der Waals surface area contributed by atoms with Crippen LogP contribution in [0.15, 0.2) is 41.8 Å². The van der Waals surface area contributed by atoms with Gasteiger partial charge in [0.25, 0.3) is 0 Å². The second-order valence-corrected chi connectivity index (χ2v) is 5.47. The van der Waals surface area contributed by atoms with E-state index in [1.54, 1.807) is 11.3 Å². The van der Waals surface area contributed by atoms with Gasteiger partial charge in [0.2, 0.25) is 5.91 Å². The summed E-state index contributed by atoms with van der Waals surface area (Å²) >= 11 is 1.75. The van der Waals surface area contributed by atoms with Gasteiger partial charge in [-0.3, -0.25) is 10.2 Å². The van der Waals surface area contributed by atoms with E-state index in [9.17, 15) is 4.79 Å². The van der Waals surface area contributed by atoms with Gasteiger partial charge in [-0.25, -0.2) is 5.84 Å². The molecule has 4 nitrogen and oxygen atoms in total. The van der Waals surface area contributed by atoms with E-state index in [2.05, 4.69) is 22.9 Å². The van der Waals surface area contributed by atoms with Gasteiger partial charge >= 0.3 is 0 Å². The molecule has 0 bridgehead atoms. The lowest BCUT2D eigenvalue weighted by Gasteiger charge is -2.05. The van der Waals surface area contributed by atoms with E-state index in [0.29, 0.717) is 13.0 Å². The van der Waals surface area contributed by atoms with Gasteiger partial charge in [0.15, 0.2) is 0 Å². The number of nitrogens with two attached hydrogens (primary N) is 1. The Balaban J connectivity index is 1.72. The molecule has 0 unspecified atom stereocenters. The summed E-state index contributed by atoms with van der Waals surface area (Å²) < 4.78 is 5.64. The van der Waals surface area contributed by atoms with Gasteiger partial charge in [-0.05, 0) is 22.6 Å². The van der Waals surface area contributed by atoms with Gasteiger partial charge in [0.05, 0.1) is 19.6 Å². The van der Waals surface area contributed by atoms with Crippen molar-refractivity contribution >= 4 is 17.2 Å². The zero-order valence-corrected chi connectivity index (χ0v) is 12.0. The van der Waals surface area contributed by atoms with Crippen LogP contribution in [0.4, 0.5) is 0 Å². The van der Waals surface area contributed by atoms with Gasteiger partial charge < -0.3 is 4.74 Å². The lowest BCUT2D eigenvalue weighted by molar-refractivity contribution is -0.120. The number of benzene rings is 1. The van der Waals surface area contributed by atoms with Crippen LogP contribution in [-0.2, 0) is 29.0 Å². The fourth-order valence-corrected chi connectivity index (χ4v) is 2.50. The molecule has 0 saturated carbocycles. The van der Waals surface area contributed by atoms with E-state index in [0.717, 1.165) is 24.2 Å². The molecule has 0 aliphatic carbocycles. The molecule has 1 amide bonds. The second-order valence-electron chi connectivity index (χ2n) is 4.44. The molecule has 106 valence electrons. The quantitative estimate of drug-likeness (QED) is 0.355. The molecule has 0 aliphatic heterocycles. The molecule has 2 aromatic rings. The number of amides is 1. The van der Waals surface area contributed by atoms with Gasteiger partial charge in [-0.15, -0.1) is 11.3 Å². The molecule has 0 fully saturated rings. The van der Waals surface area contributed by atoms with Crippen molar-refractivity contribution in [1.29, 1.82) is 0 Å². The van der Waals surface area contributed by atoms with Gasteiger partial charge in [-0.2, -0.15) is 0 Å². The fourth-order valence-electron chi connectivity index (χ4n) is 1.81. The molecule has 20 heavy (non-hydrogen) atoms. The third-order valence-corrected chi connectivity index (χ3v) is 3.83. The smallest absolute Gasteiger partial charge is 0.238 e. The Morgan fingerprint density at radius 2 is 1.95 bits per heavy atom. The van der Waals surface area contributed by atoms with E-state index in [1.807, 2.05) is 24.3 Å². The van der Waals surface area contributed by atoms with Crippen molar-refractivity contribution in [3.63, 3.8) is 0 Å². The highest BCUT2D eigenvalue weighted by atomic mass is 32.1. The minimum absolute atomic E-state index is 0.190. The molecule has 0 atom stereocenters. The molecule has 1 aromatic carbocycles. The maximum Gasteiger partial charge on any atom is 0.238 e. The SMILES string of the molecule is NNC(=O)Cc1ccc(COCCc2cccs2)cc1. The van der Waals surface area contributed by atoms with E-state index < -0.39 is 0 Å². The minimum Gasteiger partial charge on any atom is -0.376 e. The summed E-state index contributed by atoms with van der Waals surface area (Å²) in [5.41, 5.74) is 4.17. The van der Waals surface area contributed by atoms with Crippen LogP contribution in [0.2, 0.25) is 0 Å². The largest absolute Gasteiger partial charge is 0.376 e. The van der Waals surface area contributed by atoms with Crippen molar-refractivity contribution in [2.75, 3.05) is 6.61 Å². The average Bonchev–Trinajstić information content (AvgIpc) is 2.98. The summed E-state index contributed by atoms with van der Waals surface area (Å²) in [5.74, 6) is 4.86. The van der Waals surface area contributed by atoms with E-state index in [4.69, 9.17) is 10.6 Å². The highest BCUT2D eigenvalue weighted by molar-refractivity contribution is 7.09. The number of carbonyl (C=O) groups is 1. The monoisotopic (exact) mass is 290 g/mol. The third kappa shape index (κ3) is 4.77. The van der Waals surface area contributed by atoms with E-state index in [-0.39, 0.29) is 5.91 Å². The minimum atomic E-state index is -0.190. The number of carbonyl (C=O) groups excluding carboxylic acids is 1. The maximum absolute atomic E-state index is 11.1. The number of thiophene rings is 1. The Bertz CT molecular complexity index is 523. The molecule has 0 radical (unpaired) electrons. The van der Waals surface area contributed by atoms with Crippen molar-refractivity contribution in [2.24, 2.45) is 5.84 Å². The first-order valence-electron chi connectivity index (χ1n) is 6.45. The van der Waals surface area contributed by atoms with Crippen molar-refractivity contribution in [2.45, 2.75) is 19.4 Å². The van der Waals surface area contributed by atoms with Crippen molar-refractivity contribution in [3.05, 3.63) is 57.8 Å². The number of rotatable bonds is 7. The molecule has 0 aliphatic rings. The van der Waals surface area contributed by atoms with Crippen LogP contribution < -0.4 is 11.3 Å². The first kappa shape index (κ1) is 14.7. The average molecular weight is 290 g/mol. The molecule has 3 N–H and O–H groups in total. The molecular formula is C15H18N2O2S. The lowest BCUT2D eigenvalue weighted by atomic mass is 10.1. The first-order valence-corrected chi connectivity index (χ1v) is 7.33. The Kier molecular flexibility index (Phi) is 5.73. The maximum atomic E-state index is 11.1. The predicted molar refractivity (Wildman–Crippen MR) is 80.2 cm³/mol. The zero-order valence-electron chi connectivity index (χ0n) is 11.2. The van der Waals surface area contributed by atoms with Gasteiger partial charge in [-0.1, -0.05) is 30.3 Å². The number of nitrogens with one attached hydrogen (secondary N) is 1. The Morgan fingerprint density at radius 1 is 1.20 bits per heavy atom. The molecule has 5 heteroatoms. The molecule has 1 aromatic heterocycles. The molecular weight excluding hydrogens is 272 g/mol.